The first-order valence-electron chi connectivity index (χ1n) is 5.18. The third-order valence-corrected chi connectivity index (χ3v) is 4.75. The number of nitrogens with zero attached hydrogens (tertiary/aromatic N) is 1. The van der Waals surface area contributed by atoms with E-state index in [1.165, 1.54) is 4.88 Å². The molecule has 0 radical (unpaired) electrons. The average molecular weight is 304 g/mol. The van der Waals surface area contributed by atoms with Crippen LogP contribution in [0.25, 0.3) is 0 Å². The number of carboxylic acid groups (broad SMARTS) is 1. The fraction of sp³-hybridized carbons (Fsp3) is 0.545. The molecule has 0 aliphatic carbocycles. The van der Waals surface area contributed by atoms with E-state index >= 15 is 0 Å². The molecule has 1 N–H and O–H groups in total. The van der Waals surface area contributed by atoms with Crippen molar-refractivity contribution in [3.8, 4) is 0 Å². The maximum absolute atomic E-state index is 11.1. The Bertz CT molecular complexity index is 406. The second kappa shape index (κ2) is 4.47. The third kappa shape index (κ3) is 2.47. The highest BCUT2D eigenvalue weighted by Gasteiger charge is 2.40. The standard InChI is InChI=1S/C11H14BrNO2S/c1-11(10(14)15)2-3-13(7-11)5-9-4-8(12)6-16-9/h4,6H,2-3,5,7H2,1H3,(H,14,15). The molecular weight excluding hydrogens is 290 g/mol. The van der Waals surface area contributed by atoms with Gasteiger partial charge >= 0.3 is 5.97 Å². The first-order valence-corrected chi connectivity index (χ1v) is 6.85. The third-order valence-electron chi connectivity index (χ3n) is 3.07. The van der Waals surface area contributed by atoms with Gasteiger partial charge in [0.05, 0.1) is 5.41 Å². The fourth-order valence-electron chi connectivity index (χ4n) is 2.02. The minimum Gasteiger partial charge on any atom is -0.481 e. The van der Waals surface area contributed by atoms with E-state index in [1.807, 2.05) is 6.92 Å². The van der Waals surface area contributed by atoms with Gasteiger partial charge in [-0.05, 0) is 41.9 Å². The van der Waals surface area contributed by atoms with E-state index in [4.69, 9.17) is 5.11 Å². The molecule has 16 heavy (non-hydrogen) atoms. The van der Waals surface area contributed by atoms with Crippen molar-refractivity contribution in [2.75, 3.05) is 13.1 Å². The molecule has 2 heterocycles. The Hall–Kier alpha value is -0.390. The fourth-order valence-corrected chi connectivity index (χ4v) is 3.52. The van der Waals surface area contributed by atoms with Crippen LogP contribution in [0.4, 0.5) is 0 Å². The van der Waals surface area contributed by atoms with Crippen LogP contribution in [0.2, 0.25) is 0 Å². The van der Waals surface area contributed by atoms with Crippen molar-refractivity contribution in [1.82, 2.24) is 4.90 Å². The normalized spacial score (nSPS) is 26.1. The van der Waals surface area contributed by atoms with Crippen molar-refractivity contribution in [3.05, 3.63) is 20.8 Å². The van der Waals surface area contributed by atoms with Gasteiger partial charge in [-0.2, -0.15) is 0 Å². The largest absolute Gasteiger partial charge is 0.481 e. The average Bonchev–Trinajstić information content (AvgIpc) is 2.75. The van der Waals surface area contributed by atoms with E-state index in [-0.39, 0.29) is 0 Å². The van der Waals surface area contributed by atoms with E-state index < -0.39 is 11.4 Å². The summed E-state index contributed by atoms with van der Waals surface area (Å²) in [6, 6.07) is 2.10. The summed E-state index contributed by atoms with van der Waals surface area (Å²) in [5, 5.41) is 11.2. The first-order chi connectivity index (χ1) is 7.49. The molecule has 0 amide bonds. The predicted molar refractivity (Wildman–Crippen MR) is 67.7 cm³/mol. The van der Waals surface area contributed by atoms with Gasteiger partial charge in [-0.25, -0.2) is 0 Å². The van der Waals surface area contributed by atoms with Gasteiger partial charge in [0.25, 0.3) is 0 Å². The molecule has 3 nitrogen and oxygen atoms in total. The van der Waals surface area contributed by atoms with Crippen molar-refractivity contribution in [2.24, 2.45) is 5.41 Å². The molecule has 1 aromatic heterocycles. The van der Waals surface area contributed by atoms with Crippen LogP contribution < -0.4 is 0 Å². The van der Waals surface area contributed by atoms with Crippen LogP contribution in [0.5, 0.6) is 0 Å². The summed E-state index contributed by atoms with van der Waals surface area (Å²) in [5.41, 5.74) is -0.561. The lowest BCUT2D eigenvalue weighted by atomic mass is 9.90. The molecular formula is C11H14BrNO2S. The van der Waals surface area contributed by atoms with Crippen LogP contribution >= 0.6 is 27.3 Å². The number of carboxylic acids is 1. The molecule has 1 aliphatic heterocycles. The Morgan fingerprint density at radius 2 is 2.50 bits per heavy atom. The van der Waals surface area contributed by atoms with Crippen LogP contribution in [0.3, 0.4) is 0 Å². The zero-order valence-corrected chi connectivity index (χ0v) is 11.5. The molecule has 1 unspecified atom stereocenters. The number of likely N-dealkylation sites (tertiary alicyclic amines) is 1. The highest BCUT2D eigenvalue weighted by Crippen LogP contribution is 2.32. The van der Waals surface area contributed by atoms with Crippen LogP contribution in [0.1, 0.15) is 18.2 Å². The summed E-state index contributed by atoms with van der Waals surface area (Å²) >= 11 is 5.13. The quantitative estimate of drug-likeness (QED) is 0.933. The Morgan fingerprint density at radius 1 is 1.75 bits per heavy atom. The number of hydrogen-bond acceptors (Lipinski definition) is 3. The SMILES string of the molecule is CC1(C(=O)O)CCN(Cc2cc(Br)cs2)C1. The number of halogens is 1. The lowest BCUT2D eigenvalue weighted by Crippen LogP contribution is -2.31. The zero-order valence-electron chi connectivity index (χ0n) is 9.07. The van der Waals surface area contributed by atoms with Gasteiger partial charge < -0.3 is 5.11 Å². The monoisotopic (exact) mass is 303 g/mol. The molecule has 0 saturated carbocycles. The van der Waals surface area contributed by atoms with Gasteiger partial charge in [0, 0.05) is 27.8 Å². The van der Waals surface area contributed by atoms with Crippen molar-refractivity contribution < 1.29 is 9.90 Å². The summed E-state index contributed by atoms with van der Waals surface area (Å²) < 4.78 is 1.10. The topological polar surface area (TPSA) is 40.5 Å². The lowest BCUT2D eigenvalue weighted by molar-refractivity contribution is -0.147. The number of thiophene rings is 1. The summed E-state index contributed by atoms with van der Waals surface area (Å²) in [6.45, 7) is 4.22. The Morgan fingerprint density at radius 3 is 3.00 bits per heavy atom. The molecule has 1 aliphatic rings. The Labute approximate surface area is 107 Å². The maximum Gasteiger partial charge on any atom is 0.310 e. The van der Waals surface area contributed by atoms with Gasteiger partial charge in [0.1, 0.15) is 0 Å². The van der Waals surface area contributed by atoms with Gasteiger partial charge in [0.15, 0.2) is 0 Å². The van der Waals surface area contributed by atoms with Gasteiger partial charge in [0.2, 0.25) is 0 Å². The molecule has 1 aromatic rings. The molecule has 0 aromatic carbocycles. The van der Waals surface area contributed by atoms with Crippen molar-refractivity contribution in [2.45, 2.75) is 19.9 Å². The highest BCUT2D eigenvalue weighted by atomic mass is 79.9. The number of rotatable bonds is 3. The summed E-state index contributed by atoms with van der Waals surface area (Å²) in [4.78, 5) is 14.6. The number of aliphatic carboxylic acids is 1. The van der Waals surface area contributed by atoms with Gasteiger partial charge in [-0.15, -0.1) is 11.3 Å². The van der Waals surface area contributed by atoms with Crippen molar-refractivity contribution in [1.29, 1.82) is 0 Å². The summed E-state index contributed by atoms with van der Waals surface area (Å²) in [7, 11) is 0. The van der Waals surface area contributed by atoms with E-state index in [2.05, 4.69) is 32.3 Å². The second-order valence-electron chi connectivity index (χ2n) is 4.56. The number of hydrogen-bond donors (Lipinski definition) is 1. The minimum absolute atomic E-state index is 0.561. The van der Waals surface area contributed by atoms with E-state index in [0.717, 1.165) is 24.0 Å². The zero-order chi connectivity index (χ0) is 11.8. The maximum atomic E-state index is 11.1. The van der Waals surface area contributed by atoms with E-state index in [1.54, 1.807) is 11.3 Å². The lowest BCUT2D eigenvalue weighted by Gasteiger charge is -2.19. The second-order valence-corrected chi connectivity index (χ2v) is 6.47. The molecule has 1 fully saturated rings. The molecule has 0 bridgehead atoms. The predicted octanol–water partition coefficient (Wildman–Crippen LogP) is 2.81. The Kier molecular flexibility index (Phi) is 3.37. The van der Waals surface area contributed by atoms with Crippen molar-refractivity contribution >= 4 is 33.2 Å². The molecule has 0 spiro atoms. The smallest absolute Gasteiger partial charge is 0.310 e. The molecule has 88 valence electrons. The van der Waals surface area contributed by atoms with E-state index in [0.29, 0.717) is 6.54 Å². The number of carbonyl (C=O) groups is 1. The molecule has 1 saturated heterocycles. The minimum atomic E-state index is -0.678. The van der Waals surface area contributed by atoms with Crippen LogP contribution in [-0.2, 0) is 11.3 Å². The Balaban J connectivity index is 1.97. The highest BCUT2D eigenvalue weighted by molar-refractivity contribution is 9.10. The summed E-state index contributed by atoms with van der Waals surface area (Å²) in [6.07, 6.45) is 0.745. The van der Waals surface area contributed by atoms with Crippen LogP contribution in [-0.4, -0.2) is 29.1 Å². The van der Waals surface area contributed by atoms with Crippen molar-refractivity contribution in [3.63, 3.8) is 0 Å². The molecule has 5 heteroatoms. The van der Waals surface area contributed by atoms with Gasteiger partial charge in [-0.3, -0.25) is 9.69 Å². The van der Waals surface area contributed by atoms with Gasteiger partial charge in [-0.1, -0.05) is 0 Å². The summed E-state index contributed by atoms with van der Waals surface area (Å²) in [5.74, 6) is -0.678. The van der Waals surface area contributed by atoms with Crippen LogP contribution in [0.15, 0.2) is 15.9 Å². The molecule has 2 rings (SSSR count). The van der Waals surface area contributed by atoms with E-state index in [9.17, 15) is 4.79 Å². The molecule has 1 atom stereocenters. The van der Waals surface area contributed by atoms with Crippen LogP contribution in [0, 0.1) is 5.41 Å². The first kappa shape index (κ1) is 12.1.